The van der Waals surface area contributed by atoms with Gasteiger partial charge in [0.05, 0.1) is 11.5 Å². The van der Waals surface area contributed by atoms with E-state index < -0.39 is 16.8 Å². The number of amides is 1. The van der Waals surface area contributed by atoms with Gasteiger partial charge in [-0.2, -0.15) is 0 Å². The van der Waals surface area contributed by atoms with Gasteiger partial charge in [0.25, 0.3) is 11.6 Å². The van der Waals surface area contributed by atoms with Crippen molar-refractivity contribution in [3.63, 3.8) is 0 Å². The van der Waals surface area contributed by atoms with E-state index in [-0.39, 0.29) is 17.9 Å². The van der Waals surface area contributed by atoms with Crippen LogP contribution < -0.4 is 5.32 Å². The molecule has 7 nitrogen and oxygen atoms in total. The van der Waals surface area contributed by atoms with E-state index in [1.165, 1.54) is 41.2 Å². The van der Waals surface area contributed by atoms with E-state index in [9.17, 15) is 19.7 Å². The number of hydrogen-bond acceptors (Lipinski definition) is 6. The number of rotatable bonds is 9. The summed E-state index contributed by atoms with van der Waals surface area (Å²) in [6, 6.07) is 13.3. The number of nitro groups is 1. The molecule has 8 heteroatoms. The number of benzene rings is 2. The van der Waals surface area contributed by atoms with Crippen molar-refractivity contribution in [2.24, 2.45) is 0 Å². The summed E-state index contributed by atoms with van der Waals surface area (Å²) >= 11 is 1.24. The van der Waals surface area contributed by atoms with Gasteiger partial charge in [0.2, 0.25) is 0 Å². The molecule has 172 valence electrons. The molecule has 1 unspecified atom stereocenters. The lowest BCUT2D eigenvalue weighted by atomic mass is 9.95. The van der Waals surface area contributed by atoms with Crippen molar-refractivity contribution < 1.29 is 19.2 Å². The predicted molar refractivity (Wildman–Crippen MR) is 130 cm³/mol. The number of nitrogens with zero attached hydrogens (tertiary/aromatic N) is 1. The first-order valence-electron chi connectivity index (χ1n) is 10.8. The summed E-state index contributed by atoms with van der Waals surface area (Å²) in [5, 5.41) is 15.8. The second kappa shape index (κ2) is 10.9. The standard InChI is InChI=1S/C25H26N2O5S/c1-4-14-32-25(29)22-21(18-8-6-17(7-9-18)16(3)5-2)15-33-24(22)26-23(28)19-10-12-20(13-11-19)27(30)31/h6-13,15-16H,4-5,14H2,1-3H3,(H,26,28). The summed E-state index contributed by atoms with van der Waals surface area (Å²) in [5.74, 6) is -0.528. The van der Waals surface area contributed by atoms with Gasteiger partial charge in [0, 0.05) is 28.6 Å². The van der Waals surface area contributed by atoms with Gasteiger partial charge in [-0.1, -0.05) is 45.0 Å². The number of hydrogen-bond donors (Lipinski definition) is 1. The average Bonchev–Trinajstić information content (AvgIpc) is 3.25. The minimum atomic E-state index is -0.526. The van der Waals surface area contributed by atoms with Crippen LogP contribution in [0.1, 0.15) is 65.8 Å². The summed E-state index contributed by atoms with van der Waals surface area (Å²) in [5.41, 5.74) is 3.22. The molecule has 1 aromatic heterocycles. The first-order valence-corrected chi connectivity index (χ1v) is 11.7. The molecule has 0 aliphatic heterocycles. The van der Waals surface area contributed by atoms with E-state index >= 15 is 0 Å². The number of anilines is 1. The van der Waals surface area contributed by atoms with Crippen LogP contribution in [0.5, 0.6) is 0 Å². The van der Waals surface area contributed by atoms with E-state index in [0.717, 1.165) is 12.0 Å². The highest BCUT2D eigenvalue weighted by atomic mass is 32.1. The Labute approximate surface area is 196 Å². The molecule has 1 N–H and O–H groups in total. The molecular formula is C25H26N2O5S. The van der Waals surface area contributed by atoms with Crippen LogP contribution in [0.25, 0.3) is 11.1 Å². The highest BCUT2D eigenvalue weighted by molar-refractivity contribution is 7.15. The number of nitrogens with one attached hydrogen (secondary N) is 1. The molecular weight excluding hydrogens is 440 g/mol. The molecule has 1 atom stereocenters. The fourth-order valence-corrected chi connectivity index (χ4v) is 4.22. The summed E-state index contributed by atoms with van der Waals surface area (Å²) in [4.78, 5) is 36.0. The molecule has 3 rings (SSSR count). The van der Waals surface area contributed by atoms with Crippen LogP contribution in [0.15, 0.2) is 53.9 Å². The first-order chi connectivity index (χ1) is 15.8. The number of esters is 1. The Morgan fingerprint density at radius 3 is 2.33 bits per heavy atom. The number of thiophene rings is 1. The summed E-state index contributed by atoms with van der Waals surface area (Å²) in [6.07, 6.45) is 1.71. The highest BCUT2D eigenvalue weighted by Gasteiger charge is 2.23. The molecule has 0 bridgehead atoms. The Hall–Kier alpha value is -3.52. The van der Waals surface area contributed by atoms with Gasteiger partial charge in [-0.25, -0.2) is 4.79 Å². The van der Waals surface area contributed by atoms with Crippen molar-refractivity contribution >= 4 is 33.9 Å². The van der Waals surface area contributed by atoms with Gasteiger partial charge in [-0.3, -0.25) is 14.9 Å². The lowest BCUT2D eigenvalue weighted by Gasteiger charge is -2.11. The zero-order valence-electron chi connectivity index (χ0n) is 18.8. The smallest absolute Gasteiger partial charge is 0.341 e. The van der Waals surface area contributed by atoms with Gasteiger partial charge in [-0.05, 0) is 42.0 Å². The van der Waals surface area contributed by atoms with E-state index in [1.807, 2.05) is 24.4 Å². The summed E-state index contributed by atoms with van der Waals surface area (Å²) < 4.78 is 5.39. The second-order valence-electron chi connectivity index (χ2n) is 7.68. The number of ether oxygens (including phenoxy) is 1. The highest BCUT2D eigenvalue weighted by Crippen LogP contribution is 2.37. The van der Waals surface area contributed by atoms with Crippen molar-refractivity contribution in [2.75, 3.05) is 11.9 Å². The molecule has 0 spiro atoms. The number of nitro benzene ring substituents is 1. The van der Waals surface area contributed by atoms with Crippen LogP contribution in [0.2, 0.25) is 0 Å². The summed E-state index contributed by atoms with van der Waals surface area (Å²) in [6.45, 7) is 6.49. The molecule has 2 aromatic carbocycles. The molecule has 0 saturated carbocycles. The maximum absolute atomic E-state index is 12.9. The lowest BCUT2D eigenvalue weighted by molar-refractivity contribution is -0.384. The van der Waals surface area contributed by atoms with Crippen molar-refractivity contribution in [3.8, 4) is 11.1 Å². The second-order valence-corrected chi connectivity index (χ2v) is 8.56. The number of carbonyl (C=O) groups excluding carboxylic acids is 2. The van der Waals surface area contributed by atoms with Crippen molar-refractivity contribution in [1.29, 1.82) is 0 Å². The topological polar surface area (TPSA) is 98.5 Å². The third kappa shape index (κ3) is 5.64. The minimum absolute atomic E-state index is 0.102. The van der Waals surface area contributed by atoms with Crippen molar-refractivity contribution in [2.45, 2.75) is 39.5 Å². The van der Waals surface area contributed by atoms with Crippen molar-refractivity contribution in [1.82, 2.24) is 0 Å². The van der Waals surface area contributed by atoms with Gasteiger partial charge in [0.1, 0.15) is 10.6 Å². The largest absolute Gasteiger partial charge is 0.462 e. The molecule has 0 saturated heterocycles. The Balaban J connectivity index is 1.93. The predicted octanol–water partition coefficient (Wildman–Crippen LogP) is 6.66. The third-order valence-electron chi connectivity index (χ3n) is 5.40. The Bertz CT molecular complexity index is 1140. The Kier molecular flexibility index (Phi) is 7.95. The molecule has 3 aromatic rings. The van der Waals surface area contributed by atoms with E-state index in [4.69, 9.17) is 4.74 Å². The van der Waals surface area contributed by atoms with E-state index in [0.29, 0.717) is 28.5 Å². The van der Waals surface area contributed by atoms with Gasteiger partial charge >= 0.3 is 5.97 Å². The van der Waals surface area contributed by atoms with Crippen LogP contribution in [-0.2, 0) is 4.74 Å². The fourth-order valence-electron chi connectivity index (χ4n) is 3.27. The van der Waals surface area contributed by atoms with Gasteiger partial charge in [-0.15, -0.1) is 11.3 Å². The molecule has 0 radical (unpaired) electrons. The maximum Gasteiger partial charge on any atom is 0.341 e. The minimum Gasteiger partial charge on any atom is -0.462 e. The zero-order valence-corrected chi connectivity index (χ0v) is 19.6. The third-order valence-corrected chi connectivity index (χ3v) is 6.30. The van der Waals surface area contributed by atoms with Crippen LogP contribution in [0.4, 0.5) is 10.7 Å². The normalized spacial score (nSPS) is 11.6. The van der Waals surface area contributed by atoms with Gasteiger partial charge in [0.15, 0.2) is 0 Å². The monoisotopic (exact) mass is 466 g/mol. The van der Waals surface area contributed by atoms with Crippen LogP contribution in [0.3, 0.4) is 0 Å². The lowest BCUT2D eigenvalue weighted by Crippen LogP contribution is -2.15. The Morgan fingerprint density at radius 2 is 1.76 bits per heavy atom. The van der Waals surface area contributed by atoms with E-state index in [1.54, 1.807) is 0 Å². The quantitative estimate of drug-likeness (QED) is 0.216. The molecule has 33 heavy (non-hydrogen) atoms. The Morgan fingerprint density at radius 1 is 1.09 bits per heavy atom. The maximum atomic E-state index is 12.9. The van der Waals surface area contributed by atoms with Crippen LogP contribution in [0, 0.1) is 10.1 Å². The molecule has 0 aliphatic carbocycles. The van der Waals surface area contributed by atoms with Gasteiger partial charge < -0.3 is 10.1 Å². The fraction of sp³-hybridized carbons (Fsp3) is 0.280. The van der Waals surface area contributed by atoms with Crippen LogP contribution in [-0.4, -0.2) is 23.4 Å². The first kappa shape index (κ1) is 24.1. The summed E-state index contributed by atoms with van der Waals surface area (Å²) in [7, 11) is 0. The zero-order chi connectivity index (χ0) is 24.0. The average molecular weight is 467 g/mol. The van der Waals surface area contributed by atoms with Crippen LogP contribution >= 0.6 is 11.3 Å². The molecule has 0 aliphatic rings. The SMILES string of the molecule is CCCOC(=O)c1c(-c2ccc(C(C)CC)cc2)csc1NC(=O)c1ccc([N+](=O)[O-])cc1. The molecule has 1 heterocycles. The molecule has 0 fully saturated rings. The van der Waals surface area contributed by atoms with E-state index in [2.05, 4.69) is 31.3 Å². The van der Waals surface area contributed by atoms with Crippen molar-refractivity contribution in [3.05, 3.63) is 80.7 Å². The number of non-ortho nitro benzene ring substituents is 1. The number of carbonyl (C=O) groups is 2. The molecule has 1 amide bonds.